The minimum absolute atomic E-state index is 0.00730. The van der Waals surface area contributed by atoms with Gasteiger partial charge in [0.05, 0.1) is 0 Å². The van der Waals surface area contributed by atoms with Crippen LogP contribution in [0.5, 0.6) is 0 Å². The number of anilines is 3. The van der Waals surface area contributed by atoms with E-state index in [2.05, 4.69) is 105 Å². The third kappa shape index (κ3) is 4.23. The summed E-state index contributed by atoms with van der Waals surface area (Å²) in [5, 5.41) is 3.65. The molecule has 0 spiro atoms. The molecule has 0 saturated carbocycles. The molecule has 4 rings (SSSR count). The molecule has 0 unspecified atom stereocenters. The molecule has 3 N–H and O–H groups in total. The first-order chi connectivity index (χ1) is 14.4. The first-order valence-corrected chi connectivity index (χ1v) is 10.3. The van der Waals surface area contributed by atoms with Crippen molar-refractivity contribution in [3.8, 4) is 22.3 Å². The Hall–Kier alpha value is -3.52. The van der Waals surface area contributed by atoms with Gasteiger partial charge in [-0.15, -0.1) is 0 Å². The van der Waals surface area contributed by atoms with Gasteiger partial charge in [0.1, 0.15) is 0 Å². The van der Waals surface area contributed by atoms with Gasteiger partial charge < -0.3 is 11.1 Å². The van der Waals surface area contributed by atoms with Gasteiger partial charge in [-0.1, -0.05) is 87.5 Å². The van der Waals surface area contributed by atoms with E-state index in [-0.39, 0.29) is 5.41 Å². The smallest absolute Gasteiger partial charge is 0.0463 e. The molecule has 0 heterocycles. The van der Waals surface area contributed by atoms with Gasteiger partial charge in [-0.2, -0.15) is 0 Å². The van der Waals surface area contributed by atoms with E-state index in [1.807, 2.05) is 18.2 Å². The summed E-state index contributed by atoms with van der Waals surface area (Å²) in [5.41, 5.74) is 15.0. The third-order valence-corrected chi connectivity index (χ3v) is 5.34. The average Bonchev–Trinajstić information content (AvgIpc) is 2.75. The Morgan fingerprint density at radius 3 is 1.97 bits per heavy atom. The second-order valence-corrected chi connectivity index (χ2v) is 8.67. The third-order valence-electron chi connectivity index (χ3n) is 5.34. The van der Waals surface area contributed by atoms with Crippen LogP contribution >= 0.6 is 0 Å². The second-order valence-electron chi connectivity index (χ2n) is 8.67. The van der Waals surface area contributed by atoms with E-state index in [9.17, 15) is 0 Å². The van der Waals surface area contributed by atoms with Gasteiger partial charge in [-0.25, -0.2) is 0 Å². The molecule has 30 heavy (non-hydrogen) atoms. The van der Waals surface area contributed by atoms with Crippen LogP contribution in [-0.2, 0) is 5.41 Å². The highest BCUT2D eigenvalue weighted by atomic mass is 14.9. The summed E-state index contributed by atoms with van der Waals surface area (Å²) < 4.78 is 0. The van der Waals surface area contributed by atoms with E-state index < -0.39 is 0 Å². The molecule has 0 bridgehead atoms. The van der Waals surface area contributed by atoms with Crippen LogP contribution in [0.3, 0.4) is 0 Å². The number of nitrogens with two attached hydrogens (primary N) is 1. The first kappa shape index (κ1) is 19.8. The molecule has 0 aliphatic carbocycles. The molecule has 2 nitrogen and oxygen atoms in total. The van der Waals surface area contributed by atoms with Crippen LogP contribution in [0.4, 0.5) is 17.1 Å². The molecule has 0 aliphatic heterocycles. The highest BCUT2D eigenvalue weighted by Crippen LogP contribution is 2.37. The van der Waals surface area contributed by atoms with Crippen LogP contribution in [0.15, 0.2) is 97.1 Å². The quantitative estimate of drug-likeness (QED) is 0.350. The molecule has 0 aromatic heterocycles. The molecule has 4 aromatic rings. The lowest BCUT2D eigenvalue weighted by Gasteiger charge is -2.25. The topological polar surface area (TPSA) is 38.0 Å². The first-order valence-electron chi connectivity index (χ1n) is 10.3. The number of rotatable bonds is 4. The van der Waals surface area contributed by atoms with E-state index in [0.29, 0.717) is 0 Å². The van der Waals surface area contributed by atoms with E-state index >= 15 is 0 Å². The largest absolute Gasteiger partial charge is 0.399 e. The average molecular weight is 393 g/mol. The SMILES string of the molecule is CC(C)(C)c1cc(Nc2ccccc2-c2ccccc2)ccc1-c1ccc(N)cc1. The van der Waals surface area contributed by atoms with Crippen LogP contribution in [0.25, 0.3) is 22.3 Å². The summed E-state index contributed by atoms with van der Waals surface area (Å²) in [7, 11) is 0. The number of nitrogens with one attached hydrogen (secondary N) is 1. The summed E-state index contributed by atoms with van der Waals surface area (Å²) in [6.45, 7) is 6.76. The Kier molecular flexibility index (Phi) is 5.33. The van der Waals surface area contributed by atoms with Crippen LogP contribution in [0.1, 0.15) is 26.3 Å². The zero-order valence-electron chi connectivity index (χ0n) is 17.8. The lowest BCUT2D eigenvalue weighted by Crippen LogP contribution is -2.13. The fourth-order valence-electron chi connectivity index (χ4n) is 3.77. The summed E-state index contributed by atoms with van der Waals surface area (Å²) in [5.74, 6) is 0. The summed E-state index contributed by atoms with van der Waals surface area (Å²) in [6.07, 6.45) is 0. The summed E-state index contributed by atoms with van der Waals surface area (Å²) in [6, 6.07) is 33.7. The molecule has 0 amide bonds. The van der Waals surface area contributed by atoms with E-state index in [1.165, 1.54) is 27.8 Å². The Morgan fingerprint density at radius 1 is 0.633 bits per heavy atom. The second kappa shape index (κ2) is 8.08. The summed E-state index contributed by atoms with van der Waals surface area (Å²) in [4.78, 5) is 0. The van der Waals surface area contributed by atoms with Crippen LogP contribution in [-0.4, -0.2) is 0 Å². The normalized spacial score (nSPS) is 11.3. The van der Waals surface area contributed by atoms with Gasteiger partial charge in [0.2, 0.25) is 0 Å². The number of hydrogen-bond acceptors (Lipinski definition) is 2. The predicted molar refractivity (Wildman–Crippen MR) is 130 cm³/mol. The van der Waals surface area contributed by atoms with E-state index in [1.54, 1.807) is 0 Å². The number of para-hydroxylation sites is 1. The van der Waals surface area contributed by atoms with Gasteiger partial charge in [0.15, 0.2) is 0 Å². The molecule has 2 heteroatoms. The molecule has 150 valence electrons. The van der Waals surface area contributed by atoms with Gasteiger partial charge >= 0.3 is 0 Å². The lowest BCUT2D eigenvalue weighted by atomic mass is 9.81. The number of hydrogen-bond donors (Lipinski definition) is 2. The molecular weight excluding hydrogens is 364 g/mol. The van der Waals surface area contributed by atoms with Crippen LogP contribution in [0.2, 0.25) is 0 Å². The van der Waals surface area contributed by atoms with Crippen molar-refractivity contribution in [2.45, 2.75) is 26.2 Å². The highest BCUT2D eigenvalue weighted by molar-refractivity contribution is 5.82. The zero-order chi connectivity index (χ0) is 21.1. The maximum absolute atomic E-state index is 5.89. The monoisotopic (exact) mass is 392 g/mol. The Balaban J connectivity index is 1.74. The van der Waals surface area contributed by atoms with Crippen LogP contribution < -0.4 is 11.1 Å². The lowest BCUT2D eigenvalue weighted by molar-refractivity contribution is 0.592. The summed E-state index contributed by atoms with van der Waals surface area (Å²) >= 11 is 0. The van der Waals surface area contributed by atoms with Gasteiger partial charge in [-0.3, -0.25) is 0 Å². The van der Waals surface area contributed by atoms with E-state index in [0.717, 1.165) is 17.1 Å². The van der Waals surface area contributed by atoms with Gasteiger partial charge in [-0.05, 0) is 58.0 Å². The Bertz CT molecular complexity index is 1140. The molecular formula is C28H28N2. The molecule has 4 aromatic carbocycles. The van der Waals surface area contributed by atoms with Crippen molar-refractivity contribution in [3.63, 3.8) is 0 Å². The van der Waals surface area contributed by atoms with Crippen molar-refractivity contribution in [3.05, 3.63) is 103 Å². The maximum atomic E-state index is 5.89. The standard InChI is InChI=1S/C28H28N2/c1-28(2,3)26-19-23(17-18-24(26)21-13-15-22(29)16-14-21)30-27-12-8-7-11-25(27)20-9-5-4-6-10-20/h4-19,30H,29H2,1-3H3. The molecule has 0 radical (unpaired) electrons. The fraction of sp³-hybridized carbons (Fsp3) is 0.143. The van der Waals surface area contributed by atoms with Gasteiger partial charge in [0, 0.05) is 22.6 Å². The van der Waals surface area contributed by atoms with Crippen LogP contribution in [0, 0.1) is 0 Å². The van der Waals surface area contributed by atoms with Gasteiger partial charge in [0.25, 0.3) is 0 Å². The van der Waals surface area contributed by atoms with Crippen molar-refractivity contribution < 1.29 is 0 Å². The minimum Gasteiger partial charge on any atom is -0.399 e. The van der Waals surface area contributed by atoms with E-state index in [4.69, 9.17) is 5.73 Å². The molecule has 0 fully saturated rings. The fourth-order valence-corrected chi connectivity index (χ4v) is 3.77. The number of nitrogen functional groups attached to an aromatic ring is 1. The molecule has 0 saturated heterocycles. The van der Waals surface area contributed by atoms with Crippen molar-refractivity contribution in [1.82, 2.24) is 0 Å². The molecule has 0 aliphatic rings. The van der Waals surface area contributed by atoms with Crippen molar-refractivity contribution in [2.24, 2.45) is 0 Å². The van der Waals surface area contributed by atoms with Crippen molar-refractivity contribution >= 4 is 17.1 Å². The maximum Gasteiger partial charge on any atom is 0.0463 e. The predicted octanol–water partition coefficient (Wildman–Crippen LogP) is 7.64. The van der Waals surface area contributed by atoms with Crippen molar-refractivity contribution in [2.75, 3.05) is 11.1 Å². The Labute approximate surface area is 179 Å². The molecule has 0 atom stereocenters. The minimum atomic E-state index is 0.00730. The Morgan fingerprint density at radius 2 is 1.27 bits per heavy atom. The van der Waals surface area contributed by atoms with Crippen molar-refractivity contribution in [1.29, 1.82) is 0 Å². The number of benzene rings is 4. The highest BCUT2D eigenvalue weighted by Gasteiger charge is 2.20. The zero-order valence-corrected chi connectivity index (χ0v) is 17.8.